The van der Waals surface area contributed by atoms with Crippen LogP contribution in [0.25, 0.3) is 22.4 Å². The van der Waals surface area contributed by atoms with Gasteiger partial charge in [0.05, 0.1) is 21.3 Å². The van der Waals surface area contributed by atoms with Crippen LogP contribution >= 0.6 is 23.2 Å². The molecular weight excluding hydrogens is 440 g/mol. The predicted molar refractivity (Wildman–Crippen MR) is 121 cm³/mol. The SMILES string of the molecule is Cn1nc(-c2ccc(F)cc2)c(-c2ccncc2)c1NC(=O)Nc1cccc(Cl)c1Cl. The summed E-state index contributed by atoms with van der Waals surface area (Å²) in [5.74, 6) is 0.0995. The number of amides is 2. The van der Waals surface area contributed by atoms with Crippen molar-refractivity contribution < 1.29 is 9.18 Å². The average molecular weight is 456 g/mol. The zero-order valence-electron chi connectivity index (χ0n) is 16.2. The smallest absolute Gasteiger partial charge is 0.306 e. The van der Waals surface area contributed by atoms with Crippen LogP contribution < -0.4 is 10.6 Å². The van der Waals surface area contributed by atoms with Gasteiger partial charge in [0.2, 0.25) is 0 Å². The molecule has 31 heavy (non-hydrogen) atoms. The van der Waals surface area contributed by atoms with Crippen molar-refractivity contribution >= 4 is 40.7 Å². The summed E-state index contributed by atoms with van der Waals surface area (Å²) < 4.78 is 15.0. The first-order chi connectivity index (χ1) is 14.9. The number of benzene rings is 2. The molecular formula is C22H16Cl2FN5O. The zero-order chi connectivity index (χ0) is 22.0. The van der Waals surface area contributed by atoms with Gasteiger partial charge < -0.3 is 5.32 Å². The van der Waals surface area contributed by atoms with Crippen LogP contribution in [0.4, 0.5) is 20.7 Å². The molecule has 156 valence electrons. The van der Waals surface area contributed by atoms with Gasteiger partial charge in [0.1, 0.15) is 17.3 Å². The molecule has 9 heteroatoms. The first-order valence-corrected chi connectivity index (χ1v) is 9.95. The number of aryl methyl sites for hydroxylation is 1. The molecule has 2 N–H and O–H groups in total. The predicted octanol–water partition coefficient (Wildman–Crippen LogP) is 6.24. The second-order valence-corrected chi connectivity index (χ2v) is 7.40. The highest BCUT2D eigenvalue weighted by Crippen LogP contribution is 2.37. The third-order valence-corrected chi connectivity index (χ3v) is 5.38. The number of hydrogen-bond acceptors (Lipinski definition) is 3. The van der Waals surface area contributed by atoms with Gasteiger partial charge in [-0.1, -0.05) is 29.3 Å². The van der Waals surface area contributed by atoms with E-state index in [0.29, 0.717) is 33.3 Å². The number of halogens is 3. The molecule has 0 saturated heterocycles. The van der Waals surface area contributed by atoms with E-state index in [1.54, 1.807) is 66.6 Å². The van der Waals surface area contributed by atoms with Crippen molar-refractivity contribution in [2.75, 3.05) is 10.6 Å². The molecule has 0 fully saturated rings. The first kappa shape index (κ1) is 20.8. The maximum atomic E-state index is 13.4. The van der Waals surface area contributed by atoms with Gasteiger partial charge in [0, 0.05) is 25.0 Å². The molecule has 6 nitrogen and oxygen atoms in total. The van der Waals surface area contributed by atoms with Crippen molar-refractivity contribution in [2.45, 2.75) is 0 Å². The Labute approximate surface area is 187 Å². The standard InChI is InChI=1S/C22H16Cl2FN5O/c1-30-21(28-22(31)27-17-4-2-3-16(23)19(17)24)18(13-9-11-26-12-10-13)20(29-30)14-5-7-15(25)8-6-14/h2-12H,1H3,(H2,27,28,31). The van der Waals surface area contributed by atoms with Crippen LogP contribution in [-0.4, -0.2) is 20.8 Å². The molecule has 4 aromatic rings. The van der Waals surface area contributed by atoms with Gasteiger partial charge in [0.15, 0.2) is 0 Å². The third kappa shape index (κ3) is 4.38. The van der Waals surface area contributed by atoms with Gasteiger partial charge in [-0.25, -0.2) is 9.18 Å². The summed E-state index contributed by atoms with van der Waals surface area (Å²) in [5, 5.41) is 10.7. The largest absolute Gasteiger partial charge is 0.324 e. The maximum absolute atomic E-state index is 13.4. The van der Waals surface area contributed by atoms with Crippen molar-refractivity contribution in [1.82, 2.24) is 14.8 Å². The average Bonchev–Trinajstić information content (AvgIpc) is 3.08. The zero-order valence-corrected chi connectivity index (χ0v) is 17.7. The highest BCUT2D eigenvalue weighted by Gasteiger charge is 2.21. The number of carbonyl (C=O) groups is 1. The second kappa shape index (κ2) is 8.75. The monoisotopic (exact) mass is 455 g/mol. The Morgan fingerprint density at radius 3 is 2.39 bits per heavy atom. The van der Waals surface area contributed by atoms with Gasteiger partial charge >= 0.3 is 6.03 Å². The van der Waals surface area contributed by atoms with Crippen molar-refractivity contribution in [2.24, 2.45) is 7.05 Å². The Morgan fingerprint density at radius 2 is 1.68 bits per heavy atom. The minimum Gasteiger partial charge on any atom is -0.306 e. The van der Waals surface area contributed by atoms with Crippen LogP contribution in [0.15, 0.2) is 67.0 Å². The Bertz CT molecular complexity index is 1240. The lowest BCUT2D eigenvalue weighted by atomic mass is 10.0. The Kier molecular flexibility index (Phi) is 5.88. The van der Waals surface area contributed by atoms with Crippen molar-refractivity contribution in [3.63, 3.8) is 0 Å². The summed E-state index contributed by atoms with van der Waals surface area (Å²) >= 11 is 12.2. The third-order valence-electron chi connectivity index (χ3n) is 4.57. The van der Waals surface area contributed by atoms with E-state index in [9.17, 15) is 9.18 Å². The number of carbonyl (C=O) groups excluding carboxylic acids is 1. The normalized spacial score (nSPS) is 10.7. The van der Waals surface area contributed by atoms with Crippen molar-refractivity contribution in [1.29, 1.82) is 0 Å². The van der Waals surface area contributed by atoms with Gasteiger partial charge in [-0.05, 0) is 54.1 Å². The fourth-order valence-electron chi connectivity index (χ4n) is 3.13. The van der Waals surface area contributed by atoms with Crippen LogP contribution in [-0.2, 0) is 7.05 Å². The van der Waals surface area contributed by atoms with E-state index in [2.05, 4.69) is 20.7 Å². The molecule has 2 amide bonds. The van der Waals surface area contributed by atoms with Crippen LogP contribution in [0, 0.1) is 5.82 Å². The number of pyridine rings is 1. The second-order valence-electron chi connectivity index (χ2n) is 6.62. The minimum atomic E-state index is -0.520. The summed E-state index contributed by atoms with van der Waals surface area (Å²) in [4.78, 5) is 16.8. The molecule has 0 unspecified atom stereocenters. The fraction of sp³-hybridized carbons (Fsp3) is 0.0455. The quantitative estimate of drug-likeness (QED) is 0.382. The van der Waals surface area contributed by atoms with E-state index in [0.717, 1.165) is 5.56 Å². The first-order valence-electron chi connectivity index (χ1n) is 9.19. The number of hydrogen-bond donors (Lipinski definition) is 2. The minimum absolute atomic E-state index is 0.241. The van der Waals surface area contributed by atoms with Gasteiger partial charge in [-0.15, -0.1) is 0 Å². The van der Waals surface area contributed by atoms with Crippen LogP contribution in [0.3, 0.4) is 0 Å². The molecule has 0 spiro atoms. The highest BCUT2D eigenvalue weighted by atomic mass is 35.5. The van der Waals surface area contributed by atoms with Crippen LogP contribution in [0.1, 0.15) is 0 Å². The van der Waals surface area contributed by atoms with Crippen LogP contribution in [0.2, 0.25) is 10.0 Å². The molecule has 0 saturated carbocycles. The molecule has 2 aromatic heterocycles. The Balaban J connectivity index is 1.74. The topological polar surface area (TPSA) is 71.8 Å². The van der Waals surface area contributed by atoms with Gasteiger partial charge in [0.25, 0.3) is 0 Å². The van der Waals surface area contributed by atoms with Crippen molar-refractivity contribution in [3.8, 4) is 22.4 Å². The number of nitrogens with zero attached hydrogens (tertiary/aromatic N) is 3. The number of urea groups is 1. The molecule has 0 radical (unpaired) electrons. The van der Waals surface area contributed by atoms with Crippen LogP contribution in [0.5, 0.6) is 0 Å². The molecule has 2 heterocycles. The molecule has 0 aliphatic heterocycles. The van der Waals surface area contributed by atoms with E-state index < -0.39 is 6.03 Å². The molecule has 0 atom stereocenters. The Morgan fingerprint density at radius 1 is 0.968 bits per heavy atom. The summed E-state index contributed by atoms with van der Waals surface area (Å²) in [6, 6.07) is 14.0. The number of anilines is 2. The van der Waals surface area contributed by atoms with Crippen molar-refractivity contribution in [3.05, 3.63) is 82.9 Å². The summed E-state index contributed by atoms with van der Waals surface area (Å²) in [5.41, 5.74) is 3.13. The summed E-state index contributed by atoms with van der Waals surface area (Å²) in [6.07, 6.45) is 3.29. The molecule has 0 aliphatic carbocycles. The van der Waals surface area contributed by atoms with E-state index in [-0.39, 0.29) is 10.8 Å². The van der Waals surface area contributed by atoms with E-state index in [1.807, 2.05) is 0 Å². The maximum Gasteiger partial charge on any atom is 0.324 e. The lowest BCUT2D eigenvalue weighted by molar-refractivity contribution is 0.262. The number of rotatable bonds is 4. The Hall–Kier alpha value is -3.42. The highest BCUT2D eigenvalue weighted by molar-refractivity contribution is 6.44. The van der Waals surface area contributed by atoms with E-state index >= 15 is 0 Å². The fourth-order valence-corrected chi connectivity index (χ4v) is 3.48. The van der Waals surface area contributed by atoms with Gasteiger partial charge in [-0.2, -0.15) is 5.10 Å². The molecule has 4 rings (SSSR count). The molecule has 2 aromatic carbocycles. The van der Waals surface area contributed by atoms with Gasteiger partial charge in [-0.3, -0.25) is 15.0 Å². The number of nitrogens with one attached hydrogen (secondary N) is 2. The summed E-state index contributed by atoms with van der Waals surface area (Å²) in [6.45, 7) is 0. The lowest BCUT2D eigenvalue weighted by Crippen LogP contribution is -2.21. The lowest BCUT2D eigenvalue weighted by Gasteiger charge is -2.12. The number of aromatic nitrogens is 3. The molecule has 0 bridgehead atoms. The molecule has 0 aliphatic rings. The van der Waals surface area contributed by atoms with E-state index in [4.69, 9.17) is 23.2 Å². The summed E-state index contributed by atoms with van der Waals surface area (Å²) in [7, 11) is 1.71. The van der Waals surface area contributed by atoms with E-state index in [1.165, 1.54) is 12.1 Å².